The molecule has 0 aliphatic carbocycles. The normalized spacial score (nSPS) is 11.4. The standard InChI is InChI=1S/C19H19Cl2FN2O5S/c1-3-24(4-2)30(27,28)16-10-12(8-9-14(16)22)19(26)29-11-17(25)23-15-7-5-6-13(20)18(15)21/h5-10H,3-4,11H2,1-2H3,(H,23,25). The minimum Gasteiger partial charge on any atom is -0.452 e. The second-order valence-electron chi connectivity index (χ2n) is 5.96. The molecule has 1 amide bonds. The van der Waals surface area contributed by atoms with Crippen LogP contribution in [0, 0.1) is 5.82 Å². The molecule has 11 heteroatoms. The predicted molar refractivity (Wildman–Crippen MR) is 112 cm³/mol. The fourth-order valence-electron chi connectivity index (χ4n) is 2.53. The summed E-state index contributed by atoms with van der Waals surface area (Å²) in [6.45, 7) is 2.83. The molecule has 162 valence electrons. The molecule has 0 spiro atoms. The Labute approximate surface area is 183 Å². The molecular weight excluding hydrogens is 458 g/mol. The van der Waals surface area contributed by atoms with Gasteiger partial charge in [-0.05, 0) is 30.3 Å². The number of nitrogens with zero attached hydrogens (tertiary/aromatic N) is 1. The van der Waals surface area contributed by atoms with Gasteiger partial charge < -0.3 is 10.1 Å². The Balaban J connectivity index is 2.12. The lowest BCUT2D eigenvalue weighted by Crippen LogP contribution is -2.31. The molecule has 0 aliphatic heterocycles. The van der Waals surface area contributed by atoms with Crippen molar-refractivity contribution in [2.24, 2.45) is 0 Å². The first-order chi connectivity index (χ1) is 14.1. The molecule has 0 atom stereocenters. The smallest absolute Gasteiger partial charge is 0.338 e. The summed E-state index contributed by atoms with van der Waals surface area (Å²) in [5.41, 5.74) is 0.0234. The van der Waals surface area contributed by atoms with Crippen LogP contribution in [0.4, 0.5) is 10.1 Å². The molecule has 0 heterocycles. The van der Waals surface area contributed by atoms with E-state index >= 15 is 0 Å². The molecule has 0 aliphatic rings. The molecular formula is C19H19Cl2FN2O5S. The molecule has 0 fully saturated rings. The molecule has 0 saturated heterocycles. The van der Waals surface area contributed by atoms with E-state index < -0.39 is 39.2 Å². The zero-order valence-electron chi connectivity index (χ0n) is 16.1. The zero-order chi connectivity index (χ0) is 22.5. The molecule has 0 radical (unpaired) electrons. The fourth-order valence-corrected chi connectivity index (χ4v) is 4.43. The van der Waals surface area contributed by atoms with Crippen LogP contribution in [0.25, 0.3) is 0 Å². The number of benzene rings is 2. The van der Waals surface area contributed by atoms with Crippen molar-refractivity contribution < 1.29 is 27.1 Å². The summed E-state index contributed by atoms with van der Waals surface area (Å²) in [5.74, 6) is -2.67. The number of hydrogen-bond acceptors (Lipinski definition) is 5. The van der Waals surface area contributed by atoms with Gasteiger partial charge in [0.25, 0.3) is 5.91 Å². The van der Waals surface area contributed by atoms with Gasteiger partial charge in [-0.25, -0.2) is 17.6 Å². The van der Waals surface area contributed by atoms with Crippen molar-refractivity contribution in [3.8, 4) is 0 Å². The number of anilines is 1. The van der Waals surface area contributed by atoms with E-state index in [4.69, 9.17) is 27.9 Å². The van der Waals surface area contributed by atoms with Crippen LogP contribution in [0.15, 0.2) is 41.3 Å². The number of esters is 1. The Morgan fingerprint density at radius 3 is 2.43 bits per heavy atom. The van der Waals surface area contributed by atoms with E-state index in [0.29, 0.717) is 0 Å². The third-order valence-corrected chi connectivity index (χ3v) is 6.93. The number of carbonyl (C=O) groups excluding carboxylic acids is 2. The number of halogens is 3. The van der Waals surface area contributed by atoms with Gasteiger partial charge in [-0.2, -0.15) is 4.31 Å². The number of rotatable bonds is 8. The van der Waals surface area contributed by atoms with Gasteiger partial charge in [-0.1, -0.05) is 43.1 Å². The molecule has 0 saturated carbocycles. The molecule has 7 nitrogen and oxygen atoms in total. The van der Waals surface area contributed by atoms with E-state index in [-0.39, 0.29) is 34.4 Å². The maximum Gasteiger partial charge on any atom is 0.338 e. The second kappa shape index (κ2) is 10.2. The van der Waals surface area contributed by atoms with E-state index in [1.54, 1.807) is 19.9 Å². The zero-order valence-corrected chi connectivity index (χ0v) is 18.4. The Bertz CT molecular complexity index is 1060. The van der Waals surface area contributed by atoms with Crippen molar-refractivity contribution in [1.82, 2.24) is 4.31 Å². The topological polar surface area (TPSA) is 92.8 Å². The summed E-state index contributed by atoms with van der Waals surface area (Å²) < 4.78 is 45.2. The lowest BCUT2D eigenvalue weighted by Gasteiger charge is -2.19. The van der Waals surface area contributed by atoms with Crippen LogP contribution in [0.2, 0.25) is 10.0 Å². The monoisotopic (exact) mass is 476 g/mol. The quantitative estimate of drug-likeness (QED) is 0.582. The van der Waals surface area contributed by atoms with Crippen LogP contribution < -0.4 is 5.32 Å². The Hall–Kier alpha value is -2.20. The van der Waals surface area contributed by atoms with Gasteiger partial charge in [-0.15, -0.1) is 0 Å². The van der Waals surface area contributed by atoms with Crippen molar-refractivity contribution in [3.05, 3.63) is 57.8 Å². The minimum atomic E-state index is -4.12. The molecule has 2 aromatic rings. The first-order valence-corrected chi connectivity index (χ1v) is 11.0. The molecule has 0 unspecified atom stereocenters. The number of sulfonamides is 1. The molecule has 2 rings (SSSR count). The Kier molecular flexibility index (Phi) is 8.19. The van der Waals surface area contributed by atoms with Crippen LogP contribution in [0.5, 0.6) is 0 Å². The molecule has 2 aromatic carbocycles. The molecule has 0 bridgehead atoms. The highest BCUT2D eigenvalue weighted by molar-refractivity contribution is 7.89. The number of amides is 1. The summed E-state index contributed by atoms with van der Waals surface area (Å²) >= 11 is 11.8. The first kappa shape index (κ1) is 24.1. The van der Waals surface area contributed by atoms with Crippen molar-refractivity contribution in [2.45, 2.75) is 18.7 Å². The SMILES string of the molecule is CCN(CC)S(=O)(=O)c1cc(C(=O)OCC(=O)Nc2cccc(Cl)c2Cl)ccc1F. The first-order valence-electron chi connectivity index (χ1n) is 8.82. The van der Waals surface area contributed by atoms with Crippen molar-refractivity contribution in [3.63, 3.8) is 0 Å². The third-order valence-electron chi connectivity index (χ3n) is 4.05. The molecule has 0 aromatic heterocycles. The maximum absolute atomic E-state index is 14.1. The fraction of sp³-hybridized carbons (Fsp3) is 0.263. The highest BCUT2D eigenvalue weighted by Gasteiger charge is 2.26. The molecule has 1 N–H and O–H groups in total. The summed E-state index contributed by atoms with van der Waals surface area (Å²) in [6, 6.07) is 7.45. The number of nitrogens with one attached hydrogen (secondary N) is 1. The summed E-state index contributed by atoms with van der Waals surface area (Å²) in [4.78, 5) is 23.6. The lowest BCUT2D eigenvalue weighted by molar-refractivity contribution is -0.119. The second-order valence-corrected chi connectivity index (χ2v) is 8.65. The van der Waals surface area contributed by atoms with Gasteiger partial charge in [0.05, 0.1) is 21.3 Å². The van der Waals surface area contributed by atoms with E-state index in [2.05, 4.69) is 5.32 Å². The highest BCUT2D eigenvalue weighted by atomic mass is 35.5. The third kappa shape index (κ3) is 5.48. The van der Waals surface area contributed by atoms with Crippen LogP contribution in [-0.4, -0.2) is 44.3 Å². The minimum absolute atomic E-state index is 0.128. The Morgan fingerprint density at radius 2 is 1.80 bits per heavy atom. The average molecular weight is 477 g/mol. The van der Waals surface area contributed by atoms with Crippen LogP contribution >= 0.6 is 23.2 Å². The van der Waals surface area contributed by atoms with Crippen molar-refractivity contribution in [1.29, 1.82) is 0 Å². The number of ether oxygens (including phenoxy) is 1. The van der Waals surface area contributed by atoms with Gasteiger partial charge in [0, 0.05) is 13.1 Å². The maximum atomic E-state index is 14.1. The highest BCUT2D eigenvalue weighted by Crippen LogP contribution is 2.29. The van der Waals surface area contributed by atoms with Gasteiger partial charge >= 0.3 is 5.97 Å². The van der Waals surface area contributed by atoms with Gasteiger partial charge in [-0.3, -0.25) is 4.79 Å². The summed E-state index contributed by atoms with van der Waals surface area (Å²) in [5, 5.41) is 2.80. The lowest BCUT2D eigenvalue weighted by atomic mass is 10.2. The number of carbonyl (C=O) groups is 2. The van der Waals surface area contributed by atoms with Crippen LogP contribution in [-0.2, 0) is 19.6 Å². The van der Waals surface area contributed by atoms with E-state index in [1.165, 1.54) is 12.1 Å². The van der Waals surface area contributed by atoms with Crippen LogP contribution in [0.1, 0.15) is 24.2 Å². The van der Waals surface area contributed by atoms with E-state index in [9.17, 15) is 22.4 Å². The van der Waals surface area contributed by atoms with Gasteiger partial charge in [0.1, 0.15) is 10.7 Å². The van der Waals surface area contributed by atoms with Gasteiger partial charge in [0.2, 0.25) is 10.0 Å². The van der Waals surface area contributed by atoms with Crippen molar-refractivity contribution in [2.75, 3.05) is 25.0 Å². The predicted octanol–water partition coefficient (Wildman–Crippen LogP) is 3.96. The largest absolute Gasteiger partial charge is 0.452 e. The molecule has 30 heavy (non-hydrogen) atoms. The van der Waals surface area contributed by atoms with E-state index in [0.717, 1.165) is 22.5 Å². The Morgan fingerprint density at radius 1 is 1.13 bits per heavy atom. The average Bonchev–Trinajstić information content (AvgIpc) is 2.70. The van der Waals surface area contributed by atoms with Crippen molar-refractivity contribution >= 4 is 50.8 Å². The number of hydrogen-bond donors (Lipinski definition) is 1. The summed E-state index contributed by atoms with van der Waals surface area (Å²) in [6.07, 6.45) is 0. The summed E-state index contributed by atoms with van der Waals surface area (Å²) in [7, 11) is -4.12. The van der Waals surface area contributed by atoms with Gasteiger partial charge in [0.15, 0.2) is 6.61 Å². The van der Waals surface area contributed by atoms with E-state index in [1.807, 2.05) is 0 Å². The van der Waals surface area contributed by atoms with Crippen LogP contribution in [0.3, 0.4) is 0 Å².